The van der Waals surface area contributed by atoms with Crippen molar-refractivity contribution >= 4 is 58.5 Å². The van der Waals surface area contributed by atoms with Crippen LogP contribution in [0, 0.1) is 11.7 Å². The van der Waals surface area contributed by atoms with Crippen LogP contribution in [0.15, 0.2) is 41.7 Å². The first kappa shape index (κ1) is 28.6. The minimum absolute atomic E-state index is 0.0291. The summed E-state index contributed by atoms with van der Waals surface area (Å²) in [6.45, 7) is 4.28. The smallest absolute Gasteiger partial charge is 0.303 e. The molecule has 1 aliphatic heterocycles. The highest BCUT2D eigenvalue weighted by Gasteiger charge is 2.48. The highest BCUT2D eigenvalue weighted by atomic mass is 35.5. The number of carbonyl (C=O) groups is 2. The largest absolute Gasteiger partial charge is 0.463 e. The number of carbonyl (C=O) groups excluding carboxylic acids is 2. The Labute approximate surface area is 236 Å². The van der Waals surface area contributed by atoms with Crippen LogP contribution in [0.1, 0.15) is 26.8 Å². The molecule has 5 atom stereocenters. The fourth-order valence-electron chi connectivity index (χ4n) is 4.10. The number of hydrogen-bond donors (Lipinski definition) is 0. The maximum atomic E-state index is 14.2. The molecule has 0 saturated carbocycles. The molecule has 0 amide bonds. The van der Waals surface area contributed by atoms with Gasteiger partial charge in [-0.05, 0) is 18.2 Å². The first-order valence-corrected chi connectivity index (χ1v) is 13.3. The van der Waals surface area contributed by atoms with Crippen molar-refractivity contribution in [3.8, 4) is 11.3 Å². The molecule has 1 aliphatic rings. The van der Waals surface area contributed by atoms with Gasteiger partial charge in [-0.1, -0.05) is 58.7 Å². The van der Waals surface area contributed by atoms with E-state index in [0.717, 1.165) is 4.90 Å². The molecule has 2 aromatic heterocycles. The van der Waals surface area contributed by atoms with Crippen molar-refractivity contribution < 1.29 is 28.2 Å². The molecule has 1 saturated heterocycles. The fourth-order valence-corrected chi connectivity index (χ4v) is 5.81. The number of hydrogen-bond acceptors (Lipinski definition) is 9. The third-order valence-corrected chi connectivity index (χ3v) is 8.01. The van der Waals surface area contributed by atoms with Gasteiger partial charge < -0.3 is 14.2 Å². The molecule has 3 heterocycles. The summed E-state index contributed by atoms with van der Waals surface area (Å²) in [5, 5.41) is 8.74. The van der Waals surface area contributed by atoms with Crippen molar-refractivity contribution in [3.05, 3.63) is 57.7 Å². The van der Waals surface area contributed by atoms with E-state index >= 15 is 0 Å². The van der Waals surface area contributed by atoms with E-state index in [-0.39, 0.29) is 22.6 Å². The SMILES string of the molecule is CC(=O)OCC1O[C@H](Sc2cncc(Cl)c2)C(C)[C@@H](n2cc(-c3cc(F)c(Cl)c(Cl)c3)nn2)[C@H]1OC(C)=O. The van der Waals surface area contributed by atoms with E-state index in [1.807, 2.05) is 6.92 Å². The predicted octanol–water partition coefficient (Wildman–Crippen LogP) is 5.63. The van der Waals surface area contributed by atoms with Crippen LogP contribution >= 0.6 is 46.6 Å². The van der Waals surface area contributed by atoms with Gasteiger partial charge in [-0.2, -0.15) is 0 Å². The molecule has 0 radical (unpaired) electrons. The standard InChI is InChI=1S/C24H22Cl3FN4O5S/c1-11-22(32-9-19(30-31-32)14-4-17(26)21(27)18(28)5-14)23(36-13(3)34)20(10-35-12(2)33)37-24(11)38-16-6-15(25)7-29-8-16/h4-9,11,20,22-24H,10H2,1-3H3/t11?,20?,22-,23+,24-/m1/s1. The highest BCUT2D eigenvalue weighted by Crippen LogP contribution is 2.43. The Morgan fingerprint density at radius 1 is 1.16 bits per heavy atom. The number of esters is 2. The van der Waals surface area contributed by atoms with E-state index in [4.69, 9.17) is 49.0 Å². The second-order valence-electron chi connectivity index (χ2n) is 8.56. The van der Waals surface area contributed by atoms with E-state index < -0.39 is 41.4 Å². The molecular weight excluding hydrogens is 582 g/mol. The van der Waals surface area contributed by atoms with E-state index in [2.05, 4.69) is 15.3 Å². The maximum Gasteiger partial charge on any atom is 0.303 e. The summed E-state index contributed by atoms with van der Waals surface area (Å²) in [6.07, 6.45) is 3.03. The third-order valence-electron chi connectivity index (χ3n) is 5.76. The predicted molar refractivity (Wildman–Crippen MR) is 140 cm³/mol. The number of rotatable bonds is 7. The van der Waals surface area contributed by atoms with Gasteiger partial charge in [0.2, 0.25) is 0 Å². The average Bonchev–Trinajstić information content (AvgIpc) is 3.32. The molecule has 1 fully saturated rings. The van der Waals surface area contributed by atoms with Crippen LogP contribution in [0.2, 0.25) is 15.1 Å². The third kappa shape index (κ3) is 6.58. The number of nitrogens with zero attached hydrogens (tertiary/aromatic N) is 4. The van der Waals surface area contributed by atoms with Crippen LogP contribution in [0.5, 0.6) is 0 Å². The van der Waals surface area contributed by atoms with Crippen LogP contribution in [-0.4, -0.2) is 56.2 Å². The Morgan fingerprint density at radius 2 is 1.92 bits per heavy atom. The lowest BCUT2D eigenvalue weighted by atomic mass is 9.90. The molecule has 1 aromatic carbocycles. The van der Waals surface area contributed by atoms with Gasteiger partial charge in [-0.3, -0.25) is 14.6 Å². The van der Waals surface area contributed by atoms with Crippen molar-refractivity contribution in [2.24, 2.45) is 5.92 Å². The summed E-state index contributed by atoms with van der Waals surface area (Å²) >= 11 is 19.4. The first-order chi connectivity index (χ1) is 18.0. The Morgan fingerprint density at radius 3 is 2.58 bits per heavy atom. The van der Waals surface area contributed by atoms with Crippen molar-refractivity contribution in [2.45, 2.75) is 49.4 Å². The number of thioether (sulfide) groups is 1. The zero-order valence-corrected chi connectivity index (χ0v) is 23.4. The van der Waals surface area contributed by atoms with Gasteiger partial charge in [-0.25, -0.2) is 9.07 Å². The van der Waals surface area contributed by atoms with Gasteiger partial charge in [-0.15, -0.1) is 5.10 Å². The van der Waals surface area contributed by atoms with Crippen LogP contribution in [0.3, 0.4) is 0 Å². The number of halogens is 4. The van der Waals surface area contributed by atoms with Gasteiger partial charge in [0.25, 0.3) is 0 Å². The molecular formula is C24H22Cl3FN4O5S. The minimum Gasteiger partial charge on any atom is -0.463 e. The van der Waals surface area contributed by atoms with Crippen LogP contribution in [0.4, 0.5) is 4.39 Å². The van der Waals surface area contributed by atoms with Gasteiger partial charge in [0.05, 0.1) is 27.3 Å². The normalized spacial score (nSPS) is 23.2. The van der Waals surface area contributed by atoms with Crippen LogP contribution < -0.4 is 0 Å². The van der Waals surface area contributed by atoms with Crippen molar-refractivity contribution in [3.63, 3.8) is 0 Å². The molecule has 3 aromatic rings. The summed E-state index contributed by atoms with van der Waals surface area (Å²) < 4.78 is 33.0. The Hall–Kier alpha value is -2.44. The van der Waals surface area contributed by atoms with Crippen molar-refractivity contribution in [1.82, 2.24) is 20.0 Å². The lowest BCUT2D eigenvalue weighted by Crippen LogP contribution is -2.53. The Bertz CT molecular complexity index is 1320. The van der Waals surface area contributed by atoms with Crippen LogP contribution in [0.25, 0.3) is 11.3 Å². The lowest BCUT2D eigenvalue weighted by Gasteiger charge is -2.44. The molecule has 2 unspecified atom stereocenters. The van der Waals surface area contributed by atoms with Crippen LogP contribution in [-0.2, 0) is 23.8 Å². The second-order valence-corrected chi connectivity index (χ2v) is 11.0. The summed E-state index contributed by atoms with van der Waals surface area (Å²) in [4.78, 5) is 28.5. The van der Waals surface area contributed by atoms with Crippen molar-refractivity contribution in [2.75, 3.05) is 6.61 Å². The molecule has 38 heavy (non-hydrogen) atoms. The van der Waals surface area contributed by atoms with E-state index in [1.54, 1.807) is 18.5 Å². The number of benzene rings is 1. The second kappa shape index (κ2) is 12.2. The van der Waals surface area contributed by atoms with E-state index in [9.17, 15) is 14.0 Å². The minimum atomic E-state index is -0.892. The average molecular weight is 604 g/mol. The lowest BCUT2D eigenvalue weighted by molar-refractivity contribution is -0.191. The number of aromatic nitrogens is 4. The summed E-state index contributed by atoms with van der Waals surface area (Å²) in [5.41, 5.74) is 0.171. The molecule has 0 bridgehead atoms. The monoisotopic (exact) mass is 602 g/mol. The highest BCUT2D eigenvalue weighted by molar-refractivity contribution is 7.99. The number of ether oxygens (including phenoxy) is 3. The zero-order chi connectivity index (χ0) is 27.6. The molecule has 0 N–H and O–H groups in total. The summed E-state index contributed by atoms with van der Waals surface area (Å²) in [6, 6.07) is 3.82. The number of pyridine rings is 1. The first-order valence-electron chi connectivity index (χ1n) is 11.3. The van der Waals surface area contributed by atoms with E-state index in [1.165, 1.54) is 48.6 Å². The molecule has 14 heteroatoms. The van der Waals surface area contributed by atoms with Gasteiger partial charge >= 0.3 is 11.9 Å². The zero-order valence-electron chi connectivity index (χ0n) is 20.3. The molecule has 4 rings (SSSR count). The van der Waals surface area contributed by atoms with E-state index in [0.29, 0.717) is 16.3 Å². The Balaban J connectivity index is 1.73. The fraction of sp³-hybridized carbons (Fsp3) is 0.375. The maximum absolute atomic E-state index is 14.2. The molecule has 9 nitrogen and oxygen atoms in total. The quantitative estimate of drug-likeness (QED) is 0.251. The summed E-state index contributed by atoms with van der Waals surface area (Å²) in [5.74, 6) is -2.09. The van der Waals surface area contributed by atoms with Crippen molar-refractivity contribution in [1.29, 1.82) is 0 Å². The molecule has 202 valence electrons. The summed E-state index contributed by atoms with van der Waals surface area (Å²) in [7, 11) is 0. The topological polar surface area (TPSA) is 105 Å². The Kier molecular flexibility index (Phi) is 9.15. The van der Waals surface area contributed by atoms with Gasteiger partial charge in [0, 0.05) is 42.6 Å². The van der Waals surface area contributed by atoms with Gasteiger partial charge in [0.15, 0.2) is 6.10 Å². The van der Waals surface area contributed by atoms with Gasteiger partial charge in [0.1, 0.15) is 29.7 Å². The molecule has 0 spiro atoms. The molecule has 0 aliphatic carbocycles.